The van der Waals surface area contributed by atoms with Gasteiger partial charge in [0.05, 0.1) is 11.4 Å². The van der Waals surface area contributed by atoms with E-state index in [9.17, 15) is 19.2 Å². The first-order valence-electron chi connectivity index (χ1n) is 11.7. The second kappa shape index (κ2) is 10.8. The fourth-order valence-corrected chi connectivity index (χ4v) is 3.86. The average Bonchev–Trinajstić information content (AvgIpc) is 3.45. The van der Waals surface area contributed by atoms with Crippen LogP contribution >= 0.6 is 0 Å². The molecular weight excluding hydrogens is 488 g/mol. The van der Waals surface area contributed by atoms with Crippen molar-refractivity contribution in [1.29, 1.82) is 0 Å². The molecule has 0 aliphatic heterocycles. The Morgan fingerprint density at radius 1 is 0.658 bits per heavy atom. The van der Waals surface area contributed by atoms with Gasteiger partial charge in [-0.3, -0.25) is 19.2 Å². The van der Waals surface area contributed by atoms with Gasteiger partial charge in [-0.2, -0.15) is 10.2 Å². The average molecular weight is 515 g/mol. The summed E-state index contributed by atoms with van der Waals surface area (Å²) in [5.41, 5.74) is 13.3. The van der Waals surface area contributed by atoms with Gasteiger partial charge < -0.3 is 22.1 Å². The molecule has 0 fully saturated rings. The summed E-state index contributed by atoms with van der Waals surface area (Å²) < 4.78 is 2.65. The number of carbonyl (C=O) groups excluding carboxylic acids is 4. The van der Waals surface area contributed by atoms with Crippen molar-refractivity contribution in [1.82, 2.24) is 30.2 Å². The molecule has 6 N–H and O–H groups in total. The van der Waals surface area contributed by atoms with E-state index in [0.717, 1.165) is 0 Å². The van der Waals surface area contributed by atoms with E-state index in [1.807, 2.05) is 12.1 Å². The van der Waals surface area contributed by atoms with Gasteiger partial charge in [0.15, 0.2) is 11.6 Å². The molecule has 12 heteroatoms. The summed E-state index contributed by atoms with van der Waals surface area (Å²) >= 11 is 0. The van der Waals surface area contributed by atoms with E-state index in [1.165, 1.54) is 23.2 Å². The van der Waals surface area contributed by atoms with Gasteiger partial charge in [0, 0.05) is 26.9 Å². The highest BCUT2D eigenvalue weighted by Crippen LogP contribution is 2.23. The lowest BCUT2D eigenvalue weighted by atomic mass is 10.1. The molecule has 12 nitrogen and oxygen atoms in total. The van der Waals surface area contributed by atoms with Crippen molar-refractivity contribution in [2.75, 3.05) is 24.6 Å². The quantitative estimate of drug-likeness (QED) is 0.193. The Morgan fingerprint density at radius 3 is 1.32 bits per heavy atom. The number of nitrogens with one attached hydrogen (secondary N) is 2. The summed E-state index contributed by atoms with van der Waals surface area (Å²) in [5, 5.41) is 13.7. The van der Waals surface area contributed by atoms with Crippen LogP contribution in [0, 0.1) is 0 Å². The summed E-state index contributed by atoms with van der Waals surface area (Å²) in [6.07, 6.45) is 0. The van der Waals surface area contributed by atoms with Crippen molar-refractivity contribution in [3.63, 3.8) is 0 Å². The molecule has 0 atom stereocenters. The van der Waals surface area contributed by atoms with Gasteiger partial charge in [-0.15, -0.1) is 0 Å². The van der Waals surface area contributed by atoms with Crippen LogP contribution in [0.25, 0.3) is 11.4 Å². The van der Waals surface area contributed by atoms with Gasteiger partial charge in [0.2, 0.25) is 0 Å². The third-order valence-electron chi connectivity index (χ3n) is 5.66. The van der Waals surface area contributed by atoms with Crippen LogP contribution in [0.4, 0.5) is 11.6 Å². The fourth-order valence-electron chi connectivity index (χ4n) is 3.86. The van der Waals surface area contributed by atoms with Crippen LogP contribution in [0.3, 0.4) is 0 Å². The number of nitrogens with two attached hydrogens (primary N) is 2. The highest BCUT2D eigenvalue weighted by atomic mass is 16.2. The Morgan fingerprint density at radius 2 is 1.00 bits per heavy atom. The number of benzene rings is 2. The van der Waals surface area contributed by atoms with E-state index in [4.69, 9.17) is 11.5 Å². The van der Waals surface area contributed by atoms with E-state index >= 15 is 0 Å². The molecule has 2 aromatic carbocycles. The maximum Gasteiger partial charge on any atom is 0.257 e. The van der Waals surface area contributed by atoms with E-state index < -0.39 is 23.4 Å². The number of anilines is 2. The molecule has 0 radical (unpaired) electrons. The number of nitrogens with zero attached hydrogens (tertiary/aromatic N) is 4. The molecule has 0 unspecified atom stereocenters. The number of amides is 2. The summed E-state index contributed by atoms with van der Waals surface area (Å²) in [5.74, 6) is -2.07. The largest absolute Gasteiger partial charge is 0.383 e. The predicted octanol–water partition coefficient (Wildman–Crippen LogP) is 1.79. The van der Waals surface area contributed by atoms with E-state index in [-0.39, 0.29) is 47.2 Å². The van der Waals surface area contributed by atoms with Crippen LogP contribution in [-0.4, -0.2) is 56.0 Å². The number of Topliss-reactive ketones (excluding diaryl/α,β-unsaturated/α-hetero) is 2. The lowest BCUT2D eigenvalue weighted by Crippen LogP contribution is -2.35. The number of carbonyl (C=O) groups is 4. The molecule has 4 aromatic rings. The van der Waals surface area contributed by atoms with Gasteiger partial charge in [0.1, 0.15) is 34.2 Å². The Labute approximate surface area is 217 Å². The first-order chi connectivity index (χ1) is 18.2. The third-order valence-corrected chi connectivity index (χ3v) is 5.66. The van der Waals surface area contributed by atoms with Gasteiger partial charge in [0.25, 0.3) is 11.8 Å². The number of rotatable bonds is 9. The van der Waals surface area contributed by atoms with Crippen LogP contribution in [0.5, 0.6) is 0 Å². The van der Waals surface area contributed by atoms with Crippen molar-refractivity contribution in [3.05, 3.63) is 83.2 Å². The Hall–Kier alpha value is -5.26. The zero-order chi connectivity index (χ0) is 27.4. The van der Waals surface area contributed by atoms with Crippen LogP contribution < -0.4 is 22.1 Å². The first kappa shape index (κ1) is 25.8. The van der Waals surface area contributed by atoms with Crippen LogP contribution in [0.2, 0.25) is 0 Å². The highest BCUT2D eigenvalue weighted by Gasteiger charge is 2.27. The Bertz CT molecular complexity index is 1410. The summed E-state index contributed by atoms with van der Waals surface area (Å²) in [6, 6.07) is 17.7. The monoisotopic (exact) mass is 514 g/mol. The van der Waals surface area contributed by atoms with Crippen molar-refractivity contribution >= 4 is 35.0 Å². The van der Waals surface area contributed by atoms with Crippen molar-refractivity contribution < 1.29 is 19.2 Å². The molecule has 4 rings (SSSR count). The maximum atomic E-state index is 12.9. The number of para-hydroxylation sites is 2. The molecule has 0 saturated heterocycles. The number of ketones is 2. The highest BCUT2D eigenvalue weighted by molar-refractivity contribution is 6.10. The van der Waals surface area contributed by atoms with E-state index in [0.29, 0.717) is 11.4 Å². The SMILES string of the molecule is CC(=O)c1nn(-c2ccccc2)c(N)c1C(=O)NCCNC(=O)c1c(C(C)=O)nn(-c2ccccc2)c1N. The molecule has 2 heterocycles. The minimum atomic E-state index is -0.620. The first-order valence-corrected chi connectivity index (χ1v) is 11.7. The molecule has 38 heavy (non-hydrogen) atoms. The molecule has 0 saturated carbocycles. The van der Waals surface area contributed by atoms with Gasteiger partial charge in [-0.25, -0.2) is 9.36 Å². The summed E-state index contributed by atoms with van der Waals surface area (Å²) in [7, 11) is 0. The lowest BCUT2D eigenvalue weighted by Gasteiger charge is -2.09. The van der Waals surface area contributed by atoms with Crippen LogP contribution in [0.1, 0.15) is 55.5 Å². The van der Waals surface area contributed by atoms with Gasteiger partial charge in [-0.1, -0.05) is 36.4 Å². The van der Waals surface area contributed by atoms with Crippen molar-refractivity contribution in [2.45, 2.75) is 13.8 Å². The van der Waals surface area contributed by atoms with Gasteiger partial charge in [-0.05, 0) is 24.3 Å². The third kappa shape index (κ3) is 5.00. The molecule has 0 aliphatic rings. The van der Waals surface area contributed by atoms with Crippen LogP contribution in [0.15, 0.2) is 60.7 Å². The number of aromatic nitrogens is 4. The standard InChI is InChI=1S/C26H26N8O4/c1-15(35)21-19(23(27)33(31-21)17-9-5-3-6-10-17)25(37)29-13-14-30-26(38)20-22(16(2)36)32-34(24(20)28)18-11-7-4-8-12-18/h3-12H,13-14,27-28H2,1-2H3,(H,29,37)(H,30,38). The summed E-state index contributed by atoms with van der Waals surface area (Å²) in [6.45, 7) is 2.58. The predicted molar refractivity (Wildman–Crippen MR) is 141 cm³/mol. The normalized spacial score (nSPS) is 10.7. The van der Waals surface area contributed by atoms with Gasteiger partial charge >= 0.3 is 0 Å². The molecule has 2 aromatic heterocycles. The second-order valence-corrected chi connectivity index (χ2v) is 8.34. The lowest BCUT2D eigenvalue weighted by molar-refractivity contribution is 0.0920. The molecule has 2 amide bonds. The number of nitrogen functional groups attached to an aromatic ring is 2. The van der Waals surface area contributed by atoms with Crippen LogP contribution in [-0.2, 0) is 0 Å². The molecule has 0 spiro atoms. The molecule has 194 valence electrons. The minimum Gasteiger partial charge on any atom is -0.383 e. The van der Waals surface area contributed by atoms with Crippen molar-refractivity contribution in [3.8, 4) is 11.4 Å². The smallest absolute Gasteiger partial charge is 0.257 e. The molecule has 0 bridgehead atoms. The Balaban J connectivity index is 1.46. The fraction of sp³-hybridized carbons (Fsp3) is 0.154. The maximum absolute atomic E-state index is 12.9. The minimum absolute atomic E-state index is 0.00000696. The molecule has 0 aliphatic carbocycles. The summed E-state index contributed by atoms with van der Waals surface area (Å²) in [4.78, 5) is 50.1. The second-order valence-electron chi connectivity index (χ2n) is 8.34. The van der Waals surface area contributed by atoms with E-state index in [2.05, 4.69) is 20.8 Å². The zero-order valence-corrected chi connectivity index (χ0v) is 20.8. The Kier molecular flexibility index (Phi) is 7.33. The van der Waals surface area contributed by atoms with Crippen molar-refractivity contribution in [2.24, 2.45) is 0 Å². The number of hydrogen-bond donors (Lipinski definition) is 4. The zero-order valence-electron chi connectivity index (χ0n) is 20.8. The molecular formula is C26H26N8O4. The number of hydrogen-bond acceptors (Lipinski definition) is 8. The topological polar surface area (TPSA) is 180 Å². The van der Waals surface area contributed by atoms with E-state index in [1.54, 1.807) is 48.5 Å².